The van der Waals surface area contributed by atoms with Crippen LogP contribution in [0.4, 0.5) is 4.79 Å². The first-order valence-electron chi connectivity index (χ1n) is 12.8. The van der Waals surface area contributed by atoms with Gasteiger partial charge in [0.1, 0.15) is 5.03 Å². The van der Waals surface area contributed by atoms with Crippen molar-refractivity contribution in [1.29, 1.82) is 0 Å². The molecule has 0 aromatic carbocycles. The predicted octanol–water partition coefficient (Wildman–Crippen LogP) is 4.41. The minimum atomic E-state index is 0.0795. The minimum Gasteiger partial charge on any atom is -0.339 e. The fourth-order valence-electron chi connectivity index (χ4n) is 8.16. The van der Waals surface area contributed by atoms with Gasteiger partial charge < -0.3 is 15.1 Å². The number of rotatable bonds is 3. The SMILES string of the molecule is CSc1ncccc1C(=O)N1CCC2(CCN(C(=O)NC34CC5CC(CC(C5)C3)C4)C2)CC1. The maximum atomic E-state index is 13.3. The topological polar surface area (TPSA) is 65.5 Å². The molecule has 1 aromatic rings. The number of amides is 3. The average molecular weight is 469 g/mol. The molecule has 6 aliphatic rings. The lowest BCUT2D eigenvalue weighted by Crippen LogP contribution is -2.61. The zero-order chi connectivity index (χ0) is 22.6. The fourth-order valence-corrected chi connectivity index (χ4v) is 8.70. The molecular weight excluding hydrogens is 432 g/mol. The molecule has 3 heterocycles. The number of pyridine rings is 1. The number of likely N-dealkylation sites (tertiary alicyclic amines) is 2. The molecule has 2 aliphatic heterocycles. The number of aromatic nitrogens is 1. The Bertz CT molecular complexity index is 907. The van der Waals surface area contributed by atoms with Crippen LogP contribution >= 0.6 is 11.8 Å². The van der Waals surface area contributed by atoms with E-state index in [0.29, 0.717) is 5.56 Å². The van der Waals surface area contributed by atoms with Crippen LogP contribution in [0.5, 0.6) is 0 Å². The Kier molecular flexibility index (Phi) is 5.39. The van der Waals surface area contributed by atoms with E-state index < -0.39 is 0 Å². The Morgan fingerprint density at radius 3 is 2.21 bits per heavy atom. The van der Waals surface area contributed by atoms with Gasteiger partial charge in [-0.25, -0.2) is 9.78 Å². The summed E-state index contributed by atoms with van der Waals surface area (Å²) >= 11 is 1.52. The average Bonchev–Trinajstić information content (AvgIpc) is 3.21. The molecule has 1 N–H and O–H groups in total. The van der Waals surface area contributed by atoms with E-state index in [1.54, 1.807) is 6.20 Å². The Labute approximate surface area is 201 Å². The summed E-state index contributed by atoms with van der Waals surface area (Å²) in [5.74, 6) is 2.62. The molecule has 4 bridgehead atoms. The van der Waals surface area contributed by atoms with Gasteiger partial charge in [-0.05, 0) is 99.3 Å². The van der Waals surface area contributed by atoms with Crippen LogP contribution in [-0.2, 0) is 0 Å². The molecule has 6 fully saturated rings. The molecule has 33 heavy (non-hydrogen) atoms. The smallest absolute Gasteiger partial charge is 0.317 e. The van der Waals surface area contributed by atoms with Crippen molar-refractivity contribution in [2.45, 2.75) is 68.4 Å². The highest BCUT2D eigenvalue weighted by molar-refractivity contribution is 7.98. The highest BCUT2D eigenvalue weighted by atomic mass is 32.2. The van der Waals surface area contributed by atoms with Gasteiger partial charge in [0.15, 0.2) is 0 Å². The van der Waals surface area contributed by atoms with E-state index in [1.165, 1.54) is 50.3 Å². The Hall–Kier alpha value is -1.76. The van der Waals surface area contributed by atoms with Crippen molar-refractivity contribution in [3.05, 3.63) is 23.9 Å². The van der Waals surface area contributed by atoms with E-state index in [4.69, 9.17) is 0 Å². The summed E-state index contributed by atoms with van der Waals surface area (Å²) in [7, 11) is 0. The normalized spacial score (nSPS) is 34.2. The highest BCUT2D eigenvalue weighted by Crippen LogP contribution is 2.55. The summed E-state index contributed by atoms with van der Waals surface area (Å²) in [6, 6.07) is 3.90. The van der Waals surface area contributed by atoms with Crippen molar-refractivity contribution < 1.29 is 9.59 Å². The van der Waals surface area contributed by atoms with Gasteiger partial charge in [0.05, 0.1) is 5.56 Å². The van der Waals surface area contributed by atoms with Crippen molar-refractivity contribution in [2.75, 3.05) is 32.4 Å². The molecule has 4 saturated carbocycles. The van der Waals surface area contributed by atoms with Crippen LogP contribution in [0.3, 0.4) is 0 Å². The Morgan fingerprint density at radius 2 is 1.61 bits per heavy atom. The number of nitrogens with one attached hydrogen (secondary N) is 1. The standard InChI is InChI=1S/C26H36N4O2S/c1-33-22-21(3-2-7-27-22)23(31)29-8-4-25(5-9-29)6-10-30(17-25)24(32)28-26-14-18-11-19(15-26)13-20(12-18)16-26/h2-3,7,18-20H,4-6,8-17H2,1H3,(H,28,32). The Balaban J connectivity index is 1.06. The van der Waals surface area contributed by atoms with E-state index in [9.17, 15) is 9.59 Å². The zero-order valence-corrected chi connectivity index (χ0v) is 20.5. The number of thioether (sulfide) groups is 1. The van der Waals surface area contributed by atoms with Crippen molar-refractivity contribution in [3.8, 4) is 0 Å². The summed E-state index contributed by atoms with van der Waals surface area (Å²) in [6.07, 6.45) is 14.5. The first kappa shape index (κ1) is 21.8. The van der Waals surface area contributed by atoms with Gasteiger partial charge in [0.2, 0.25) is 0 Å². The monoisotopic (exact) mass is 468 g/mol. The van der Waals surface area contributed by atoms with Crippen LogP contribution in [0.1, 0.15) is 68.1 Å². The summed E-state index contributed by atoms with van der Waals surface area (Å²) in [5, 5.41) is 4.36. The van der Waals surface area contributed by atoms with Crippen LogP contribution in [0.15, 0.2) is 23.4 Å². The number of nitrogens with zero attached hydrogens (tertiary/aromatic N) is 3. The van der Waals surface area contributed by atoms with E-state index in [1.807, 2.05) is 23.3 Å². The van der Waals surface area contributed by atoms with Gasteiger partial charge in [-0.2, -0.15) is 0 Å². The first-order chi connectivity index (χ1) is 16.0. The van der Waals surface area contributed by atoms with Crippen molar-refractivity contribution in [1.82, 2.24) is 20.1 Å². The van der Waals surface area contributed by atoms with Crippen molar-refractivity contribution >= 4 is 23.7 Å². The molecule has 0 radical (unpaired) electrons. The number of hydrogen-bond acceptors (Lipinski definition) is 4. The third kappa shape index (κ3) is 3.94. The van der Waals surface area contributed by atoms with E-state index in [0.717, 1.165) is 68.2 Å². The third-order valence-corrected chi connectivity index (χ3v) is 10.2. The van der Waals surface area contributed by atoms with Crippen LogP contribution in [-0.4, -0.2) is 64.7 Å². The predicted molar refractivity (Wildman–Crippen MR) is 129 cm³/mol. The van der Waals surface area contributed by atoms with Crippen LogP contribution in [0, 0.1) is 23.2 Å². The molecule has 2 saturated heterocycles. The lowest BCUT2D eigenvalue weighted by molar-refractivity contribution is -0.0156. The van der Waals surface area contributed by atoms with E-state index in [2.05, 4.69) is 15.2 Å². The number of carbonyl (C=O) groups excluding carboxylic acids is 2. The first-order valence-corrected chi connectivity index (χ1v) is 14.0. The second-order valence-corrected chi connectivity index (χ2v) is 12.4. The van der Waals surface area contributed by atoms with Crippen molar-refractivity contribution in [3.63, 3.8) is 0 Å². The molecular formula is C26H36N4O2S. The van der Waals surface area contributed by atoms with Gasteiger partial charge in [-0.15, -0.1) is 11.8 Å². The van der Waals surface area contributed by atoms with Gasteiger partial charge >= 0.3 is 6.03 Å². The second kappa shape index (κ2) is 8.17. The lowest BCUT2D eigenvalue weighted by Gasteiger charge is -2.57. The van der Waals surface area contributed by atoms with Crippen molar-refractivity contribution in [2.24, 2.45) is 23.2 Å². The van der Waals surface area contributed by atoms with Gasteiger partial charge in [0.25, 0.3) is 5.91 Å². The second-order valence-electron chi connectivity index (χ2n) is 11.7. The van der Waals surface area contributed by atoms with Gasteiger partial charge in [0, 0.05) is 37.9 Å². The molecule has 4 aliphatic carbocycles. The summed E-state index contributed by atoms with van der Waals surface area (Å²) in [4.78, 5) is 34.9. The lowest BCUT2D eigenvalue weighted by atomic mass is 9.53. The van der Waals surface area contributed by atoms with Crippen LogP contribution < -0.4 is 5.32 Å². The molecule has 1 aromatic heterocycles. The van der Waals surface area contributed by atoms with Gasteiger partial charge in [-0.1, -0.05) is 0 Å². The third-order valence-electron chi connectivity index (χ3n) is 9.44. The van der Waals surface area contributed by atoms with E-state index >= 15 is 0 Å². The summed E-state index contributed by atoms with van der Waals surface area (Å²) < 4.78 is 0. The Morgan fingerprint density at radius 1 is 1.00 bits per heavy atom. The number of carbonyl (C=O) groups is 2. The largest absolute Gasteiger partial charge is 0.339 e. The maximum Gasteiger partial charge on any atom is 0.317 e. The molecule has 7 rings (SSSR count). The quantitative estimate of drug-likeness (QED) is 0.668. The molecule has 0 atom stereocenters. The number of urea groups is 1. The van der Waals surface area contributed by atoms with Crippen LogP contribution in [0.2, 0.25) is 0 Å². The zero-order valence-electron chi connectivity index (χ0n) is 19.7. The molecule has 178 valence electrons. The number of piperidine rings is 1. The fraction of sp³-hybridized carbons (Fsp3) is 0.731. The van der Waals surface area contributed by atoms with Gasteiger partial charge in [-0.3, -0.25) is 4.79 Å². The van der Waals surface area contributed by atoms with E-state index in [-0.39, 0.29) is 22.9 Å². The minimum absolute atomic E-state index is 0.0795. The summed E-state index contributed by atoms with van der Waals surface area (Å²) in [6.45, 7) is 3.24. The highest BCUT2D eigenvalue weighted by Gasteiger charge is 2.52. The molecule has 3 amide bonds. The molecule has 7 heteroatoms. The molecule has 0 unspecified atom stereocenters. The molecule has 6 nitrogen and oxygen atoms in total. The number of hydrogen-bond donors (Lipinski definition) is 1. The summed E-state index contributed by atoms with van der Waals surface area (Å²) in [5.41, 5.74) is 0.965. The molecule has 1 spiro atoms. The van der Waals surface area contributed by atoms with Crippen LogP contribution in [0.25, 0.3) is 0 Å². The maximum absolute atomic E-state index is 13.3.